The highest BCUT2D eigenvalue weighted by atomic mass is 32.1. The first-order valence-corrected chi connectivity index (χ1v) is 6.43. The molecule has 3 rings (SSSR count). The Kier molecular flexibility index (Phi) is 2.80. The van der Waals surface area contributed by atoms with Crippen LogP contribution in [-0.2, 0) is 5.75 Å². The Morgan fingerprint density at radius 3 is 2.83 bits per heavy atom. The molecule has 4 heteroatoms. The van der Waals surface area contributed by atoms with E-state index in [4.69, 9.17) is 0 Å². The van der Waals surface area contributed by atoms with Gasteiger partial charge in [-0.1, -0.05) is 24.3 Å². The largest absolute Gasteiger partial charge is 0.237 e. The highest BCUT2D eigenvalue weighted by Crippen LogP contribution is 2.28. The van der Waals surface area contributed by atoms with Crippen LogP contribution in [0.15, 0.2) is 42.7 Å². The summed E-state index contributed by atoms with van der Waals surface area (Å²) in [6, 6.07) is 10.1. The third-order valence-corrected chi connectivity index (χ3v) is 3.37. The maximum atomic E-state index is 4.62. The van der Waals surface area contributed by atoms with Crippen molar-refractivity contribution in [3.05, 3.63) is 53.9 Å². The molecule has 2 aromatic heterocycles. The van der Waals surface area contributed by atoms with E-state index >= 15 is 0 Å². The minimum Gasteiger partial charge on any atom is -0.237 e. The van der Waals surface area contributed by atoms with Crippen molar-refractivity contribution in [2.24, 2.45) is 0 Å². The number of aryl methyl sites for hydroxylation is 1. The number of fused-ring (bicyclic) bond motifs is 1. The van der Waals surface area contributed by atoms with Gasteiger partial charge < -0.3 is 0 Å². The van der Waals surface area contributed by atoms with Crippen molar-refractivity contribution < 1.29 is 0 Å². The zero-order chi connectivity index (χ0) is 12.5. The first-order chi connectivity index (χ1) is 8.81. The van der Waals surface area contributed by atoms with Gasteiger partial charge in [0, 0.05) is 29.3 Å². The SMILES string of the molecule is Cc1ccccc1-c1nn2cccnc2c1CS. The average molecular weight is 255 g/mol. The summed E-state index contributed by atoms with van der Waals surface area (Å²) in [5.41, 5.74) is 5.29. The van der Waals surface area contributed by atoms with Gasteiger partial charge in [-0.3, -0.25) is 0 Å². The van der Waals surface area contributed by atoms with E-state index in [9.17, 15) is 0 Å². The molecule has 0 radical (unpaired) electrons. The third-order valence-electron chi connectivity index (χ3n) is 3.05. The highest BCUT2D eigenvalue weighted by molar-refractivity contribution is 7.79. The Labute approximate surface area is 111 Å². The molecular weight excluding hydrogens is 242 g/mol. The van der Waals surface area contributed by atoms with Gasteiger partial charge in [0.25, 0.3) is 0 Å². The second-order valence-corrected chi connectivity index (χ2v) is 4.50. The molecule has 0 saturated heterocycles. The van der Waals surface area contributed by atoms with Gasteiger partial charge in [0.15, 0.2) is 5.65 Å². The lowest BCUT2D eigenvalue weighted by Gasteiger charge is -2.03. The zero-order valence-corrected chi connectivity index (χ0v) is 10.9. The Bertz CT molecular complexity index is 703. The van der Waals surface area contributed by atoms with Crippen molar-refractivity contribution >= 4 is 18.3 Å². The molecule has 3 aromatic rings. The van der Waals surface area contributed by atoms with Crippen molar-refractivity contribution in [2.45, 2.75) is 12.7 Å². The summed E-state index contributed by atoms with van der Waals surface area (Å²) in [5, 5.41) is 4.62. The molecule has 0 fully saturated rings. The monoisotopic (exact) mass is 255 g/mol. The number of nitrogens with zero attached hydrogens (tertiary/aromatic N) is 3. The lowest BCUT2D eigenvalue weighted by molar-refractivity contribution is 0.942. The second kappa shape index (κ2) is 4.46. The van der Waals surface area contributed by atoms with Gasteiger partial charge in [-0.05, 0) is 18.6 Å². The van der Waals surface area contributed by atoms with E-state index in [1.165, 1.54) is 5.56 Å². The second-order valence-electron chi connectivity index (χ2n) is 4.19. The molecule has 0 aliphatic rings. The van der Waals surface area contributed by atoms with E-state index in [2.05, 4.69) is 41.8 Å². The summed E-state index contributed by atoms with van der Waals surface area (Å²) in [6.45, 7) is 2.09. The maximum absolute atomic E-state index is 4.62. The fourth-order valence-corrected chi connectivity index (χ4v) is 2.43. The molecule has 18 heavy (non-hydrogen) atoms. The smallest absolute Gasteiger partial charge is 0.159 e. The molecule has 0 aliphatic carbocycles. The topological polar surface area (TPSA) is 30.2 Å². The summed E-state index contributed by atoms with van der Waals surface area (Å²) in [5.74, 6) is 0.629. The Hall–Kier alpha value is -1.81. The maximum Gasteiger partial charge on any atom is 0.159 e. The van der Waals surface area contributed by atoms with E-state index in [1.807, 2.05) is 28.9 Å². The van der Waals surface area contributed by atoms with Crippen molar-refractivity contribution in [1.29, 1.82) is 0 Å². The molecule has 0 unspecified atom stereocenters. The summed E-state index contributed by atoms with van der Waals surface area (Å²) < 4.78 is 1.81. The van der Waals surface area contributed by atoms with Crippen LogP contribution in [0.3, 0.4) is 0 Å². The summed E-state index contributed by atoms with van der Waals surface area (Å²) >= 11 is 4.41. The van der Waals surface area contributed by atoms with Gasteiger partial charge in [-0.15, -0.1) is 0 Å². The molecule has 0 amide bonds. The van der Waals surface area contributed by atoms with Crippen LogP contribution in [0, 0.1) is 6.92 Å². The summed E-state index contributed by atoms with van der Waals surface area (Å²) in [4.78, 5) is 4.38. The first-order valence-electron chi connectivity index (χ1n) is 5.80. The molecule has 3 nitrogen and oxygen atoms in total. The minimum atomic E-state index is 0.629. The highest BCUT2D eigenvalue weighted by Gasteiger charge is 2.14. The van der Waals surface area contributed by atoms with Crippen LogP contribution in [0.5, 0.6) is 0 Å². The van der Waals surface area contributed by atoms with Crippen LogP contribution in [-0.4, -0.2) is 14.6 Å². The number of aromatic nitrogens is 3. The minimum absolute atomic E-state index is 0.629. The Morgan fingerprint density at radius 1 is 1.22 bits per heavy atom. The molecule has 0 N–H and O–H groups in total. The van der Waals surface area contributed by atoms with Crippen LogP contribution in [0.1, 0.15) is 11.1 Å². The van der Waals surface area contributed by atoms with Crippen LogP contribution >= 0.6 is 12.6 Å². The van der Waals surface area contributed by atoms with Gasteiger partial charge in [-0.2, -0.15) is 17.7 Å². The number of benzene rings is 1. The first kappa shape index (κ1) is 11.3. The van der Waals surface area contributed by atoms with Gasteiger partial charge >= 0.3 is 0 Å². The predicted molar refractivity (Wildman–Crippen MR) is 75.9 cm³/mol. The van der Waals surface area contributed by atoms with Crippen LogP contribution < -0.4 is 0 Å². The fourth-order valence-electron chi connectivity index (χ4n) is 2.13. The van der Waals surface area contributed by atoms with Crippen molar-refractivity contribution in [3.63, 3.8) is 0 Å². The van der Waals surface area contributed by atoms with Gasteiger partial charge in [0.05, 0.1) is 5.69 Å². The number of thiol groups is 1. The van der Waals surface area contributed by atoms with E-state index < -0.39 is 0 Å². The molecule has 90 valence electrons. The lowest BCUT2D eigenvalue weighted by atomic mass is 10.0. The van der Waals surface area contributed by atoms with E-state index in [1.54, 1.807) is 6.20 Å². The van der Waals surface area contributed by atoms with Gasteiger partial charge in [-0.25, -0.2) is 9.50 Å². The zero-order valence-electron chi connectivity index (χ0n) is 10.0. The average Bonchev–Trinajstić information content (AvgIpc) is 2.77. The van der Waals surface area contributed by atoms with E-state index in [-0.39, 0.29) is 0 Å². The standard InChI is InChI=1S/C14H13N3S/c1-10-5-2-3-6-11(10)13-12(9-18)14-15-7-4-8-17(14)16-13/h2-8,18H,9H2,1H3. The molecule has 0 aliphatic heterocycles. The molecule has 0 saturated carbocycles. The molecule has 0 spiro atoms. The van der Waals surface area contributed by atoms with Crippen LogP contribution in [0.4, 0.5) is 0 Å². The molecule has 1 aromatic carbocycles. The van der Waals surface area contributed by atoms with Crippen molar-refractivity contribution in [3.8, 4) is 11.3 Å². The molecule has 0 atom stereocenters. The number of hydrogen-bond acceptors (Lipinski definition) is 3. The lowest BCUT2D eigenvalue weighted by Crippen LogP contribution is -1.88. The van der Waals surface area contributed by atoms with Gasteiger partial charge in [0.1, 0.15) is 0 Å². The normalized spacial score (nSPS) is 11.0. The molecule has 2 heterocycles. The summed E-state index contributed by atoms with van der Waals surface area (Å²) in [7, 11) is 0. The molecule has 0 bridgehead atoms. The predicted octanol–water partition coefficient (Wildman–Crippen LogP) is 3.13. The van der Waals surface area contributed by atoms with Crippen molar-refractivity contribution in [1.82, 2.24) is 14.6 Å². The van der Waals surface area contributed by atoms with Crippen LogP contribution in [0.2, 0.25) is 0 Å². The molecular formula is C14H13N3S. The summed E-state index contributed by atoms with van der Waals surface area (Å²) in [6.07, 6.45) is 3.70. The Balaban J connectivity index is 2.32. The van der Waals surface area contributed by atoms with E-state index in [0.717, 1.165) is 22.5 Å². The number of hydrogen-bond donors (Lipinski definition) is 1. The van der Waals surface area contributed by atoms with Crippen LogP contribution in [0.25, 0.3) is 16.9 Å². The third kappa shape index (κ3) is 1.69. The fraction of sp³-hybridized carbons (Fsp3) is 0.143. The van der Waals surface area contributed by atoms with E-state index in [0.29, 0.717) is 5.75 Å². The van der Waals surface area contributed by atoms with Gasteiger partial charge in [0.2, 0.25) is 0 Å². The number of rotatable bonds is 2. The Morgan fingerprint density at radius 2 is 2.06 bits per heavy atom. The quantitative estimate of drug-likeness (QED) is 0.713. The van der Waals surface area contributed by atoms with Crippen molar-refractivity contribution in [2.75, 3.05) is 0 Å².